The SMILES string of the molecule is CCCCCCCCC(CCCCCC)(CCCCCCCC)C(=O)OC(O)CC. The van der Waals surface area contributed by atoms with Crippen molar-refractivity contribution in [1.29, 1.82) is 0 Å². The molecule has 0 radical (unpaired) electrons. The van der Waals surface area contributed by atoms with E-state index < -0.39 is 6.29 Å². The largest absolute Gasteiger partial charge is 0.436 e. The van der Waals surface area contributed by atoms with E-state index in [1.54, 1.807) is 0 Å². The van der Waals surface area contributed by atoms with Gasteiger partial charge in [0.1, 0.15) is 0 Å². The molecule has 3 heteroatoms. The van der Waals surface area contributed by atoms with Gasteiger partial charge in [-0.1, -0.05) is 130 Å². The number of aliphatic hydroxyl groups excluding tert-OH is 1. The van der Waals surface area contributed by atoms with Crippen LogP contribution in [0.2, 0.25) is 0 Å². The van der Waals surface area contributed by atoms with Crippen molar-refractivity contribution in [2.24, 2.45) is 5.41 Å². The fourth-order valence-electron chi connectivity index (χ4n) is 4.39. The zero-order valence-corrected chi connectivity index (χ0v) is 21.0. The average Bonchev–Trinajstić information content (AvgIpc) is 2.75. The Morgan fingerprint density at radius 3 is 1.33 bits per heavy atom. The molecular weight excluding hydrogens is 372 g/mol. The molecule has 0 bridgehead atoms. The molecule has 0 aliphatic heterocycles. The van der Waals surface area contributed by atoms with Gasteiger partial charge in [-0.15, -0.1) is 0 Å². The van der Waals surface area contributed by atoms with Crippen molar-refractivity contribution in [3.63, 3.8) is 0 Å². The molecule has 1 atom stereocenters. The molecule has 0 saturated heterocycles. The first-order valence-corrected chi connectivity index (χ1v) is 13.4. The summed E-state index contributed by atoms with van der Waals surface area (Å²) in [6.07, 6.45) is 21.9. The van der Waals surface area contributed by atoms with Gasteiger partial charge >= 0.3 is 5.97 Å². The highest BCUT2D eigenvalue weighted by molar-refractivity contribution is 5.76. The minimum absolute atomic E-state index is 0.129. The second-order valence-electron chi connectivity index (χ2n) is 9.39. The molecule has 0 heterocycles. The van der Waals surface area contributed by atoms with Crippen molar-refractivity contribution in [3.05, 3.63) is 0 Å². The Morgan fingerprint density at radius 1 is 0.633 bits per heavy atom. The number of esters is 1. The summed E-state index contributed by atoms with van der Waals surface area (Å²) in [6.45, 7) is 8.59. The van der Waals surface area contributed by atoms with E-state index in [4.69, 9.17) is 4.74 Å². The smallest absolute Gasteiger partial charge is 0.314 e. The molecule has 0 aliphatic carbocycles. The number of rotatable bonds is 22. The van der Waals surface area contributed by atoms with E-state index in [-0.39, 0.29) is 11.4 Å². The van der Waals surface area contributed by atoms with E-state index in [0.29, 0.717) is 6.42 Å². The topological polar surface area (TPSA) is 46.5 Å². The van der Waals surface area contributed by atoms with Crippen LogP contribution in [0.15, 0.2) is 0 Å². The van der Waals surface area contributed by atoms with Crippen LogP contribution >= 0.6 is 0 Å². The predicted molar refractivity (Wildman–Crippen MR) is 130 cm³/mol. The van der Waals surface area contributed by atoms with Gasteiger partial charge in [0.15, 0.2) is 6.29 Å². The Kier molecular flexibility index (Phi) is 20.0. The number of aliphatic hydroxyl groups is 1. The first-order valence-electron chi connectivity index (χ1n) is 13.4. The molecule has 180 valence electrons. The second-order valence-corrected chi connectivity index (χ2v) is 9.39. The maximum atomic E-state index is 13.2. The van der Waals surface area contributed by atoms with E-state index in [0.717, 1.165) is 38.5 Å². The molecule has 30 heavy (non-hydrogen) atoms. The lowest BCUT2D eigenvalue weighted by Crippen LogP contribution is -2.36. The fraction of sp³-hybridized carbons (Fsp3) is 0.963. The number of carbonyl (C=O) groups excluding carboxylic acids is 1. The van der Waals surface area contributed by atoms with E-state index in [1.165, 1.54) is 83.5 Å². The Labute approximate surface area is 188 Å². The number of carbonyl (C=O) groups is 1. The predicted octanol–water partition coefficient (Wildman–Crippen LogP) is 8.72. The summed E-state index contributed by atoms with van der Waals surface area (Å²) >= 11 is 0. The molecule has 0 spiro atoms. The highest BCUT2D eigenvalue weighted by atomic mass is 16.6. The van der Waals surface area contributed by atoms with Gasteiger partial charge in [-0.05, 0) is 19.3 Å². The summed E-state index contributed by atoms with van der Waals surface area (Å²) in [6, 6.07) is 0. The summed E-state index contributed by atoms with van der Waals surface area (Å²) in [5.41, 5.74) is -0.389. The molecule has 0 aliphatic rings. The lowest BCUT2D eigenvalue weighted by atomic mass is 9.74. The maximum Gasteiger partial charge on any atom is 0.314 e. The monoisotopic (exact) mass is 426 g/mol. The molecule has 0 amide bonds. The van der Waals surface area contributed by atoms with Crippen molar-refractivity contribution < 1.29 is 14.6 Å². The molecular formula is C27H54O3. The molecule has 0 aromatic heterocycles. The minimum Gasteiger partial charge on any atom is -0.436 e. The summed E-state index contributed by atoms with van der Waals surface area (Å²) in [7, 11) is 0. The van der Waals surface area contributed by atoms with Gasteiger partial charge in [-0.2, -0.15) is 0 Å². The zero-order chi connectivity index (χ0) is 22.5. The van der Waals surface area contributed by atoms with Crippen molar-refractivity contribution in [2.75, 3.05) is 0 Å². The van der Waals surface area contributed by atoms with Crippen LogP contribution in [0.4, 0.5) is 0 Å². The molecule has 0 saturated carbocycles. The molecule has 1 N–H and O–H groups in total. The molecule has 3 nitrogen and oxygen atoms in total. The van der Waals surface area contributed by atoms with Gasteiger partial charge in [0.05, 0.1) is 5.41 Å². The van der Waals surface area contributed by atoms with Gasteiger partial charge in [-0.3, -0.25) is 4.79 Å². The van der Waals surface area contributed by atoms with E-state index in [1.807, 2.05) is 6.92 Å². The minimum atomic E-state index is -0.957. The second kappa shape index (κ2) is 20.3. The van der Waals surface area contributed by atoms with Crippen LogP contribution in [0, 0.1) is 5.41 Å². The van der Waals surface area contributed by atoms with Crippen LogP contribution in [-0.2, 0) is 9.53 Å². The fourth-order valence-corrected chi connectivity index (χ4v) is 4.39. The van der Waals surface area contributed by atoms with E-state index in [9.17, 15) is 9.90 Å². The third-order valence-electron chi connectivity index (χ3n) is 6.55. The van der Waals surface area contributed by atoms with E-state index in [2.05, 4.69) is 20.8 Å². The molecule has 0 fully saturated rings. The van der Waals surface area contributed by atoms with Crippen LogP contribution in [0.25, 0.3) is 0 Å². The van der Waals surface area contributed by atoms with Crippen molar-refractivity contribution in [2.45, 2.75) is 162 Å². The Bertz CT molecular complexity index is 364. The molecule has 0 aromatic carbocycles. The number of unbranched alkanes of at least 4 members (excludes halogenated alkanes) is 13. The van der Waals surface area contributed by atoms with Gasteiger partial charge in [0, 0.05) is 6.42 Å². The first-order chi connectivity index (χ1) is 14.6. The van der Waals surface area contributed by atoms with Crippen LogP contribution in [0.3, 0.4) is 0 Å². The third-order valence-corrected chi connectivity index (χ3v) is 6.55. The van der Waals surface area contributed by atoms with Gasteiger partial charge < -0.3 is 9.84 Å². The Morgan fingerprint density at radius 2 is 0.967 bits per heavy atom. The summed E-state index contributed by atoms with van der Waals surface area (Å²) < 4.78 is 5.53. The van der Waals surface area contributed by atoms with Gasteiger partial charge in [-0.25, -0.2) is 0 Å². The van der Waals surface area contributed by atoms with E-state index >= 15 is 0 Å². The highest BCUT2D eigenvalue weighted by Gasteiger charge is 2.39. The molecule has 0 rings (SSSR count). The standard InChI is InChI=1S/C27H54O3/c1-5-9-12-15-17-20-23-27(22-19-14-11-7-3,26(29)30-25(28)8-4)24-21-18-16-13-10-6-2/h25,28H,5-24H2,1-4H3. The molecule has 0 aromatic rings. The number of ether oxygens (including phenoxy) is 1. The van der Waals surface area contributed by atoms with Gasteiger partial charge in [0.2, 0.25) is 0 Å². The first kappa shape index (κ1) is 29.4. The summed E-state index contributed by atoms with van der Waals surface area (Å²) in [4.78, 5) is 13.2. The van der Waals surface area contributed by atoms with Crippen molar-refractivity contribution >= 4 is 5.97 Å². The third kappa shape index (κ3) is 14.4. The highest BCUT2D eigenvalue weighted by Crippen LogP contribution is 2.39. The van der Waals surface area contributed by atoms with Crippen LogP contribution in [0.1, 0.15) is 156 Å². The van der Waals surface area contributed by atoms with Crippen LogP contribution in [0.5, 0.6) is 0 Å². The maximum absolute atomic E-state index is 13.2. The Balaban J connectivity index is 4.99. The average molecular weight is 427 g/mol. The summed E-state index contributed by atoms with van der Waals surface area (Å²) in [5.74, 6) is -0.129. The van der Waals surface area contributed by atoms with Crippen LogP contribution < -0.4 is 0 Å². The lowest BCUT2D eigenvalue weighted by Gasteiger charge is -2.33. The quantitative estimate of drug-likeness (QED) is 0.107. The normalized spacial score (nSPS) is 12.8. The van der Waals surface area contributed by atoms with Crippen LogP contribution in [-0.4, -0.2) is 17.4 Å². The number of hydrogen-bond acceptors (Lipinski definition) is 3. The Hall–Kier alpha value is -0.570. The van der Waals surface area contributed by atoms with Gasteiger partial charge in [0.25, 0.3) is 0 Å². The van der Waals surface area contributed by atoms with Crippen molar-refractivity contribution in [1.82, 2.24) is 0 Å². The summed E-state index contributed by atoms with van der Waals surface area (Å²) in [5, 5.41) is 10.00. The van der Waals surface area contributed by atoms with Crippen molar-refractivity contribution in [3.8, 4) is 0 Å². The zero-order valence-electron chi connectivity index (χ0n) is 21.0. The number of hydrogen-bond donors (Lipinski definition) is 1. The molecule has 1 unspecified atom stereocenters. The lowest BCUT2D eigenvalue weighted by molar-refractivity contribution is -0.182.